The average Bonchev–Trinajstić information content (AvgIpc) is 3.10. The molecule has 0 unspecified atom stereocenters. The Labute approximate surface area is 134 Å². The Balaban J connectivity index is 1.91. The maximum atomic E-state index is 12.1. The van der Waals surface area contributed by atoms with E-state index < -0.39 is 0 Å². The van der Waals surface area contributed by atoms with E-state index in [-0.39, 0.29) is 5.91 Å². The highest BCUT2D eigenvalue weighted by atomic mass is 32.1. The molecular weight excluding hydrogens is 302 g/mol. The molecule has 0 fully saturated rings. The number of thiazole rings is 1. The number of amides is 1. The van der Waals surface area contributed by atoms with E-state index in [1.54, 1.807) is 22.7 Å². The highest BCUT2D eigenvalue weighted by Gasteiger charge is 2.14. The Morgan fingerprint density at radius 3 is 2.67 bits per heavy atom. The van der Waals surface area contributed by atoms with Gasteiger partial charge in [0.2, 0.25) is 5.91 Å². The van der Waals surface area contributed by atoms with Crippen LogP contribution in [0.2, 0.25) is 0 Å². The summed E-state index contributed by atoms with van der Waals surface area (Å²) in [5, 5.41) is 5.20. The normalized spacial score (nSPS) is 11.0. The molecule has 6 heteroatoms. The summed E-state index contributed by atoms with van der Waals surface area (Å²) in [7, 11) is 1.96. The fraction of sp³-hybridized carbons (Fsp3) is 0.467. The van der Waals surface area contributed by atoms with Crippen molar-refractivity contribution in [1.82, 2.24) is 14.8 Å². The maximum Gasteiger partial charge on any atom is 0.236 e. The molecule has 2 rings (SSSR count). The first-order valence-corrected chi connectivity index (χ1v) is 8.84. The van der Waals surface area contributed by atoms with Gasteiger partial charge in [-0.25, -0.2) is 4.98 Å². The molecule has 0 radical (unpaired) electrons. The molecule has 0 spiro atoms. The molecule has 1 amide bonds. The lowest BCUT2D eigenvalue weighted by molar-refractivity contribution is -0.131. The lowest BCUT2D eigenvalue weighted by Crippen LogP contribution is -2.38. The molecule has 114 valence electrons. The smallest absolute Gasteiger partial charge is 0.236 e. The van der Waals surface area contributed by atoms with E-state index >= 15 is 0 Å². The van der Waals surface area contributed by atoms with Crippen LogP contribution >= 0.6 is 22.7 Å². The fourth-order valence-corrected chi connectivity index (χ4v) is 3.76. The summed E-state index contributed by atoms with van der Waals surface area (Å²) < 4.78 is 0. The summed E-state index contributed by atoms with van der Waals surface area (Å²) in [6.07, 6.45) is 0. The van der Waals surface area contributed by atoms with E-state index in [0.29, 0.717) is 13.1 Å². The number of thiophene rings is 1. The molecule has 2 aromatic rings. The van der Waals surface area contributed by atoms with Crippen molar-refractivity contribution in [2.75, 3.05) is 26.7 Å². The third-order valence-corrected chi connectivity index (χ3v) is 5.17. The predicted molar refractivity (Wildman–Crippen MR) is 89.7 cm³/mol. The number of nitrogens with zero attached hydrogens (tertiary/aromatic N) is 3. The number of hydrogen-bond donors (Lipinski definition) is 0. The minimum Gasteiger partial charge on any atom is -0.342 e. The van der Waals surface area contributed by atoms with Gasteiger partial charge in [0.05, 0.1) is 17.1 Å². The second kappa shape index (κ2) is 7.68. The summed E-state index contributed by atoms with van der Waals surface area (Å²) in [6, 6.07) is 4.12. The van der Waals surface area contributed by atoms with E-state index in [2.05, 4.69) is 21.8 Å². The van der Waals surface area contributed by atoms with Crippen LogP contribution < -0.4 is 0 Å². The second-order valence-electron chi connectivity index (χ2n) is 4.86. The molecule has 0 aliphatic carbocycles. The maximum absolute atomic E-state index is 12.1. The lowest BCUT2D eigenvalue weighted by Gasteiger charge is -2.22. The van der Waals surface area contributed by atoms with Crippen LogP contribution in [0.25, 0.3) is 9.88 Å². The zero-order chi connectivity index (χ0) is 15.2. The van der Waals surface area contributed by atoms with Crippen molar-refractivity contribution in [2.45, 2.75) is 20.4 Å². The largest absolute Gasteiger partial charge is 0.342 e. The Bertz CT molecular complexity index is 561. The summed E-state index contributed by atoms with van der Waals surface area (Å²) in [5.41, 5.74) is 1.03. The summed E-state index contributed by atoms with van der Waals surface area (Å²) in [6.45, 7) is 6.69. The minimum atomic E-state index is 0.177. The van der Waals surface area contributed by atoms with Crippen LogP contribution in [0.15, 0.2) is 22.9 Å². The molecule has 0 atom stereocenters. The molecule has 0 bridgehead atoms. The quantitative estimate of drug-likeness (QED) is 0.785. The van der Waals surface area contributed by atoms with Crippen LogP contribution in [-0.4, -0.2) is 47.4 Å². The van der Waals surface area contributed by atoms with Crippen LogP contribution in [0.4, 0.5) is 0 Å². The Morgan fingerprint density at radius 2 is 2.05 bits per heavy atom. The second-order valence-corrected chi connectivity index (χ2v) is 6.67. The molecule has 0 saturated heterocycles. The SMILES string of the molecule is CCN(CC)C(=O)CN(C)Cc1csc(-c2cccs2)n1. The standard InChI is InChI=1S/C15H21N3OS2/c1-4-18(5-2)14(19)10-17(3)9-12-11-21-15(16-12)13-7-6-8-20-13/h6-8,11H,4-5,9-10H2,1-3H3. The van der Waals surface area contributed by atoms with Gasteiger partial charge in [-0.15, -0.1) is 22.7 Å². The Kier molecular flexibility index (Phi) is 5.90. The monoisotopic (exact) mass is 323 g/mol. The minimum absolute atomic E-state index is 0.177. The van der Waals surface area contributed by atoms with Gasteiger partial charge in [-0.2, -0.15) is 0 Å². The molecule has 0 aliphatic heterocycles. The molecule has 21 heavy (non-hydrogen) atoms. The highest BCUT2D eigenvalue weighted by Crippen LogP contribution is 2.27. The van der Waals surface area contributed by atoms with Crippen molar-refractivity contribution >= 4 is 28.6 Å². The van der Waals surface area contributed by atoms with Crippen molar-refractivity contribution in [3.05, 3.63) is 28.6 Å². The molecule has 4 nitrogen and oxygen atoms in total. The fourth-order valence-electron chi connectivity index (χ4n) is 2.13. The van der Waals surface area contributed by atoms with E-state index in [1.807, 2.05) is 36.8 Å². The zero-order valence-corrected chi connectivity index (χ0v) is 14.3. The van der Waals surface area contributed by atoms with E-state index in [4.69, 9.17) is 0 Å². The van der Waals surface area contributed by atoms with Gasteiger partial charge in [0, 0.05) is 25.0 Å². The van der Waals surface area contributed by atoms with Gasteiger partial charge < -0.3 is 4.90 Å². The van der Waals surface area contributed by atoms with Gasteiger partial charge in [0.25, 0.3) is 0 Å². The van der Waals surface area contributed by atoms with Crippen LogP contribution in [0.5, 0.6) is 0 Å². The van der Waals surface area contributed by atoms with Crippen molar-refractivity contribution in [1.29, 1.82) is 0 Å². The molecule has 2 heterocycles. The summed E-state index contributed by atoms with van der Waals surface area (Å²) in [4.78, 5) is 21.8. The van der Waals surface area contributed by atoms with E-state index in [9.17, 15) is 4.79 Å². The van der Waals surface area contributed by atoms with Gasteiger partial charge in [0.15, 0.2) is 0 Å². The van der Waals surface area contributed by atoms with Crippen LogP contribution in [0.3, 0.4) is 0 Å². The van der Waals surface area contributed by atoms with E-state index in [1.165, 1.54) is 4.88 Å². The first kappa shape index (κ1) is 16.1. The Hall–Kier alpha value is -1.24. The number of hydrogen-bond acceptors (Lipinski definition) is 5. The van der Waals surface area contributed by atoms with Crippen molar-refractivity contribution < 1.29 is 4.79 Å². The third-order valence-electron chi connectivity index (χ3n) is 3.24. The van der Waals surface area contributed by atoms with Crippen molar-refractivity contribution in [3.63, 3.8) is 0 Å². The van der Waals surface area contributed by atoms with Crippen molar-refractivity contribution in [2.24, 2.45) is 0 Å². The van der Waals surface area contributed by atoms with Crippen LogP contribution in [0, 0.1) is 0 Å². The predicted octanol–water partition coefficient (Wildman–Crippen LogP) is 3.17. The van der Waals surface area contributed by atoms with Gasteiger partial charge in [-0.05, 0) is 32.3 Å². The van der Waals surface area contributed by atoms with Gasteiger partial charge in [-0.1, -0.05) is 6.07 Å². The Morgan fingerprint density at radius 1 is 1.29 bits per heavy atom. The van der Waals surface area contributed by atoms with Crippen LogP contribution in [-0.2, 0) is 11.3 Å². The molecule has 0 aliphatic rings. The first-order valence-electron chi connectivity index (χ1n) is 7.08. The highest BCUT2D eigenvalue weighted by molar-refractivity contribution is 7.20. The molecule has 2 aromatic heterocycles. The molecule has 0 saturated carbocycles. The van der Waals surface area contributed by atoms with Gasteiger partial charge in [-0.3, -0.25) is 9.69 Å². The summed E-state index contributed by atoms with van der Waals surface area (Å²) in [5.74, 6) is 0.177. The molecule has 0 aromatic carbocycles. The lowest BCUT2D eigenvalue weighted by atomic mass is 10.4. The molecule has 0 N–H and O–H groups in total. The van der Waals surface area contributed by atoms with Gasteiger partial charge in [0.1, 0.15) is 5.01 Å². The number of carbonyl (C=O) groups excluding carboxylic acids is 1. The van der Waals surface area contributed by atoms with Crippen LogP contribution in [0.1, 0.15) is 19.5 Å². The number of aromatic nitrogens is 1. The van der Waals surface area contributed by atoms with E-state index in [0.717, 1.165) is 23.8 Å². The number of rotatable bonds is 7. The average molecular weight is 323 g/mol. The third kappa shape index (κ3) is 4.36. The number of likely N-dealkylation sites (N-methyl/N-ethyl adjacent to an activating group) is 2. The topological polar surface area (TPSA) is 36.4 Å². The zero-order valence-electron chi connectivity index (χ0n) is 12.7. The molecular formula is C15H21N3OS2. The first-order chi connectivity index (χ1) is 10.1. The van der Waals surface area contributed by atoms with Gasteiger partial charge >= 0.3 is 0 Å². The number of carbonyl (C=O) groups is 1. The van der Waals surface area contributed by atoms with Crippen molar-refractivity contribution in [3.8, 4) is 9.88 Å². The summed E-state index contributed by atoms with van der Waals surface area (Å²) >= 11 is 3.36.